The Morgan fingerprint density at radius 1 is 1.11 bits per heavy atom. The Labute approximate surface area is 233 Å². The lowest BCUT2D eigenvalue weighted by molar-refractivity contribution is -0.122. The Balaban J connectivity index is 1.62. The van der Waals surface area contributed by atoms with Crippen molar-refractivity contribution < 1.29 is 19.1 Å². The first kappa shape index (κ1) is 28.0. The lowest BCUT2D eigenvalue weighted by Gasteiger charge is -2.33. The SMILES string of the molecule is CCOc1ccccc1NC(=O)c1c(NC(=O)C(C)Oc2ccc(Cl)cc2)sc2c1CCC(C(C)(C)C)C2. The third-order valence-corrected chi connectivity index (χ3v) is 8.31. The van der Waals surface area contributed by atoms with Gasteiger partial charge in [0.05, 0.1) is 17.9 Å². The van der Waals surface area contributed by atoms with Crippen LogP contribution in [0.2, 0.25) is 5.02 Å². The van der Waals surface area contributed by atoms with Crippen LogP contribution in [0.25, 0.3) is 0 Å². The zero-order valence-corrected chi connectivity index (χ0v) is 24.1. The summed E-state index contributed by atoms with van der Waals surface area (Å²) in [6.45, 7) is 10.8. The number of thiophene rings is 1. The van der Waals surface area contributed by atoms with E-state index in [9.17, 15) is 9.59 Å². The van der Waals surface area contributed by atoms with Crippen LogP contribution in [0, 0.1) is 11.3 Å². The summed E-state index contributed by atoms with van der Waals surface area (Å²) in [5, 5.41) is 7.16. The minimum absolute atomic E-state index is 0.158. The van der Waals surface area contributed by atoms with E-state index in [-0.39, 0.29) is 17.2 Å². The molecule has 0 bridgehead atoms. The van der Waals surface area contributed by atoms with Crippen LogP contribution in [0.5, 0.6) is 11.5 Å². The number of carbonyl (C=O) groups is 2. The van der Waals surface area contributed by atoms with Gasteiger partial charge >= 0.3 is 0 Å². The molecular formula is C30H35ClN2O4S. The van der Waals surface area contributed by atoms with Gasteiger partial charge < -0.3 is 20.1 Å². The van der Waals surface area contributed by atoms with E-state index in [0.29, 0.717) is 45.3 Å². The highest BCUT2D eigenvalue weighted by atomic mass is 35.5. The molecule has 1 heterocycles. The lowest BCUT2D eigenvalue weighted by atomic mass is 9.72. The number of benzene rings is 2. The number of nitrogens with one attached hydrogen (secondary N) is 2. The van der Waals surface area contributed by atoms with Gasteiger partial charge in [0, 0.05) is 9.90 Å². The van der Waals surface area contributed by atoms with E-state index in [1.807, 2.05) is 31.2 Å². The number of halogens is 1. The second-order valence-electron chi connectivity index (χ2n) is 10.6. The maximum atomic E-state index is 13.7. The van der Waals surface area contributed by atoms with Gasteiger partial charge in [0.2, 0.25) is 0 Å². The number of rotatable bonds is 8. The Bertz CT molecular complexity index is 1300. The Morgan fingerprint density at radius 3 is 2.50 bits per heavy atom. The van der Waals surface area contributed by atoms with Crippen LogP contribution in [-0.4, -0.2) is 24.5 Å². The topological polar surface area (TPSA) is 76.7 Å². The number of carbonyl (C=O) groups excluding carboxylic acids is 2. The predicted molar refractivity (Wildman–Crippen MR) is 155 cm³/mol. The lowest BCUT2D eigenvalue weighted by Crippen LogP contribution is -2.30. The van der Waals surface area contributed by atoms with Crippen molar-refractivity contribution in [3.63, 3.8) is 0 Å². The number of fused-ring (bicyclic) bond motifs is 1. The van der Waals surface area contributed by atoms with E-state index in [4.69, 9.17) is 21.1 Å². The predicted octanol–water partition coefficient (Wildman–Crippen LogP) is 7.61. The number of para-hydroxylation sites is 2. The first-order valence-corrected chi connectivity index (χ1v) is 14.2. The normalized spacial score (nSPS) is 15.8. The average molecular weight is 555 g/mol. The second-order valence-corrected chi connectivity index (χ2v) is 12.1. The van der Waals surface area contributed by atoms with Gasteiger partial charge in [-0.2, -0.15) is 0 Å². The Morgan fingerprint density at radius 2 is 1.82 bits per heavy atom. The van der Waals surface area contributed by atoms with E-state index in [2.05, 4.69) is 31.4 Å². The zero-order valence-electron chi connectivity index (χ0n) is 22.5. The molecule has 0 radical (unpaired) electrons. The molecule has 38 heavy (non-hydrogen) atoms. The molecule has 2 unspecified atom stereocenters. The van der Waals surface area contributed by atoms with Gasteiger partial charge in [-0.15, -0.1) is 11.3 Å². The highest BCUT2D eigenvalue weighted by Gasteiger charge is 2.34. The molecule has 2 atom stereocenters. The van der Waals surface area contributed by atoms with Crippen molar-refractivity contribution in [2.24, 2.45) is 11.3 Å². The van der Waals surface area contributed by atoms with Crippen LogP contribution in [0.1, 0.15) is 61.8 Å². The third-order valence-electron chi connectivity index (χ3n) is 6.88. The molecule has 3 aromatic rings. The summed E-state index contributed by atoms with van der Waals surface area (Å²) in [5.41, 5.74) is 2.30. The van der Waals surface area contributed by atoms with Gasteiger partial charge in [0.1, 0.15) is 16.5 Å². The van der Waals surface area contributed by atoms with E-state index in [1.54, 1.807) is 31.2 Å². The van der Waals surface area contributed by atoms with E-state index < -0.39 is 6.10 Å². The molecule has 0 saturated heterocycles. The van der Waals surface area contributed by atoms with E-state index in [0.717, 1.165) is 29.7 Å². The molecule has 202 valence electrons. The highest BCUT2D eigenvalue weighted by molar-refractivity contribution is 7.17. The molecule has 4 rings (SSSR count). The van der Waals surface area contributed by atoms with Gasteiger partial charge in [0.15, 0.2) is 6.10 Å². The summed E-state index contributed by atoms with van der Waals surface area (Å²) in [7, 11) is 0. The smallest absolute Gasteiger partial charge is 0.265 e. The molecule has 6 nitrogen and oxygen atoms in total. The average Bonchev–Trinajstić information content (AvgIpc) is 3.23. The van der Waals surface area contributed by atoms with Crippen molar-refractivity contribution in [2.45, 2.75) is 60.0 Å². The van der Waals surface area contributed by atoms with Gasteiger partial charge in [-0.25, -0.2) is 0 Å². The standard InChI is InChI=1S/C30H35ClN2O4S/c1-6-36-24-10-8-7-9-23(24)32-28(35)26-22-16-11-19(30(3,4)5)17-25(22)38-29(26)33-27(34)18(2)37-21-14-12-20(31)13-15-21/h7-10,12-15,18-19H,6,11,16-17H2,1-5H3,(H,32,35)(H,33,34). The molecule has 2 N–H and O–H groups in total. The Kier molecular flexibility index (Phi) is 8.68. The summed E-state index contributed by atoms with van der Waals surface area (Å²) < 4.78 is 11.5. The second kappa shape index (κ2) is 11.8. The van der Waals surface area contributed by atoms with Crippen molar-refractivity contribution in [1.29, 1.82) is 0 Å². The quantitative estimate of drug-likeness (QED) is 0.300. The Hall–Kier alpha value is -3.03. The summed E-state index contributed by atoms with van der Waals surface area (Å²) in [4.78, 5) is 28.1. The number of hydrogen-bond acceptors (Lipinski definition) is 5. The van der Waals surface area contributed by atoms with Crippen LogP contribution in [0.4, 0.5) is 10.7 Å². The van der Waals surface area contributed by atoms with Crippen LogP contribution in [0.15, 0.2) is 48.5 Å². The monoisotopic (exact) mass is 554 g/mol. The first-order chi connectivity index (χ1) is 18.1. The number of hydrogen-bond donors (Lipinski definition) is 2. The zero-order chi connectivity index (χ0) is 27.4. The summed E-state index contributed by atoms with van der Waals surface area (Å²) in [6, 6.07) is 14.2. The van der Waals surface area contributed by atoms with Crippen molar-refractivity contribution >= 4 is 45.4 Å². The fourth-order valence-electron chi connectivity index (χ4n) is 4.67. The molecular weight excluding hydrogens is 520 g/mol. The molecule has 8 heteroatoms. The molecule has 1 aliphatic rings. The minimum atomic E-state index is -0.771. The first-order valence-electron chi connectivity index (χ1n) is 13.0. The highest BCUT2D eigenvalue weighted by Crippen LogP contribution is 2.44. The number of amides is 2. The maximum Gasteiger partial charge on any atom is 0.265 e. The molecule has 0 aliphatic heterocycles. The van der Waals surface area contributed by atoms with Crippen LogP contribution in [0.3, 0.4) is 0 Å². The van der Waals surface area contributed by atoms with E-state index >= 15 is 0 Å². The minimum Gasteiger partial charge on any atom is -0.492 e. The fraction of sp³-hybridized carbons (Fsp3) is 0.400. The van der Waals surface area contributed by atoms with Gasteiger partial charge in [-0.05, 0) is 86.4 Å². The van der Waals surface area contributed by atoms with Crippen molar-refractivity contribution in [3.8, 4) is 11.5 Å². The van der Waals surface area contributed by atoms with Crippen molar-refractivity contribution in [1.82, 2.24) is 0 Å². The molecule has 1 aliphatic carbocycles. The van der Waals surface area contributed by atoms with Crippen LogP contribution < -0.4 is 20.1 Å². The third kappa shape index (κ3) is 6.51. The fourth-order valence-corrected chi connectivity index (χ4v) is 6.13. The molecule has 2 aromatic carbocycles. The van der Waals surface area contributed by atoms with Crippen molar-refractivity contribution in [2.75, 3.05) is 17.2 Å². The number of anilines is 2. The van der Waals surface area contributed by atoms with Crippen LogP contribution in [-0.2, 0) is 17.6 Å². The largest absolute Gasteiger partial charge is 0.492 e. The molecule has 0 saturated carbocycles. The summed E-state index contributed by atoms with van der Waals surface area (Å²) >= 11 is 7.45. The molecule has 0 fully saturated rings. The van der Waals surface area contributed by atoms with Crippen LogP contribution >= 0.6 is 22.9 Å². The van der Waals surface area contributed by atoms with Crippen molar-refractivity contribution in [3.05, 3.63) is 69.6 Å². The van der Waals surface area contributed by atoms with E-state index in [1.165, 1.54) is 11.3 Å². The summed E-state index contributed by atoms with van der Waals surface area (Å²) in [5.74, 6) is 1.07. The molecule has 2 amide bonds. The molecule has 1 aromatic heterocycles. The molecule has 0 spiro atoms. The maximum absolute atomic E-state index is 13.7. The van der Waals surface area contributed by atoms with Gasteiger partial charge in [-0.3, -0.25) is 9.59 Å². The summed E-state index contributed by atoms with van der Waals surface area (Å²) in [6.07, 6.45) is 1.89. The van der Waals surface area contributed by atoms with Gasteiger partial charge in [-0.1, -0.05) is 44.5 Å². The number of ether oxygens (including phenoxy) is 2. The van der Waals surface area contributed by atoms with Gasteiger partial charge in [0.25, 0.3) is 11.8 Å².